The Hall–Kier alpha value is -2.15. The van der Waals surface area contributed by atoms with Crippen molar-refractivity contribution in [1.82, 2.24) is 4.98 Å². The highest BCUT2D eigenvalue weighted by Crippen LogP contribution is 2.15. The first-order valence-electron chi connectivity index (χ1n) is 4.37. The quantitative estimate of drug-likeness (QED) is 0.603. The molecule has 1 aromatic heterocycles. The lowest BCUT2D eigenvalue weighted by Gasteiger charge is -2.09. The number of carbonyl (C=O) groups is 2. The summed E-state index contributed by atoms with van der Waals surface area (Å²) in [6.45, 7) is 1.14. The highest BCUT2D eigenvalue weighted by molar-refractivity contribution is 5.98. The van der Waals surface area contributed by atoms with Gasteiger partial charge >= 0.3 is 5.97 Å². The van der Waals surface area contributed by atoms with Gasteiger partial charge in [0.1, 0.15) is 0 Å². The Morgan fingerprint density at radius 3 is 2.88 bits per heavy atom. The summed E-state index contributed by atoms with van der Waals surface area (Å²) in [4.78, 5) is 29.7. The number of aromatic nitrogens is 1. The highest BCUT2D eigenvalue weighted by Gasteiger charge is 2.12. The number of nitrogens with one attached hydrogen (secondary N) is 1. The van der Waals surface area contributed by atoms with Gasteiger partial charge < -0.3 is 10.8 Å². The lowest BCUT2D eigenvalue weighted by atomic mass is 10.1. The van der Waals surface area contributed by atoms with Gasteiger partial charge in [-0.3, -0.25) is 9.63 Å². The van der Waals surface area contributed by atoms with Gasteiger partial charge in [-0.15, -0.1) is 0 Å². The molecule has 1 heterocycles. The first-order valence-corrected chi connectivity index (χ1v) is 4.37. The maximum atomic E-state index is 11.1. The van der Waals surface area contributed by atoms with Crippen LogP contribution in [0.3, 0.4) is 0 Å². The number of pyridine rings is 1. The second-order valence-corrected chi connectivity index (χ2v) is 3.00. The molecule has 0 saturated carbocycles. The number of amides is 1. The lowest BCUT2D eigenvalue weighted by molar-refractivity contribution is -0.141. The van der Waals surface area contributed by atoms with Crippen LogP contribution >= 0.6 is 0 Å². The number of carboxylic acids is 1. The summed E-state index contributed by atoms with van der Waals surface area (Å²) in [5.74, 6) is -1.69. The van der Waals surface area contributed by atoms with Crippen LogP contribution in [-0.4, -0.2) is 28.6 Å². The number of rotatable bonds is 5. The molecular weight excluding hydrogens is 214 g/mol. The average Bonchev–Trinajstić information content (AvgIpc) is 2.16. The van der Waals surface area contributed by atoms with E-state index in [0.29, 0.717) is 5.56 Å². The monoisotopic (exact) mass is 225 g/mol. The third kappa shape index (κ3) is 2.92. The molecule has 0 bridgehead atoms. The van der Waals surface area contributed by atoms with Gasteiger partial charge in [0.05, 0.1) is 5.56 Å². The van der Waals surface area contributed by atoms with Gasteiger partial charge in [-0.1, -0.05) is 0 Å². The molecule has 0 fully saturated rings. The van der Waals surface area contributed by atoms with Crippen LogP contribution in [0.1, 0.15) is 15.9 Å². The van der Waals surface area contributed by atoms with Crippen molar-refractivity contribution in [2.45, 2.75) is 6.92 Å². The van der Waals surface area contributed by atoms with Crippen molar-refractivity contribution in [2.75, 3.05) is 12.1 Å². The molecule has 0 atom stereocenters. The number of nitrogens with zero attached hydrogens (tertiary/aromatic N) is 1. The molecule has 0 radical (unpaired) electrons. The molecule has 0 unspecified atom stereocenters. The van der Waals surface area contributed by atoms with E-state index in [2.05, 4.69) is 15.3 Å². The molecule has 7 heteroatoms. The summed E-state index contributed by atoms with van der Waals surface area (Å²) in [7, 11) is 0. The van der Waals surface area contributed by atoms with Crippen LogP contribution in [0, 0.1) is 6.92 Å². The normalized spacial score (nSPS) is 9.81. The maximum Gasteiger partial charge on any atom is 0.332 e. The Morgan fingerprint density at radius 1 is 1.62 bits per heavy atom. The number of primary amides is 1. The molecule has 16 heavy (non-hydrogen) atoms. The van der Waals surface area contributed by atoms with Crippen molar-refractivity contribution in [3.8, 4) is 0 Å². The van der Waals surface area contributed by atoms with Crippen LogP contribution in [0.4, 0.5) is 5.82 Å². The molecule has 1 aromatic rings. The van der Waals surface area contributed by atoms with Gasteiger partial charge in [-0.2, -0.15) is 0 Å². The van der Waals surface area contributed by atoms with E-state index in [0.717, 1.165) is 0 Å². The van der Waals surface area contributed by atoms with E-state index in [1.165, 1.54) is 6.20 Å². The molecule has 0 aromatic carbocycles. The summed E-state index contributed by atoms with van der Waals surface area (Å²) >= 11 is 0. The van der Waals surface area contributed by atoms with Gasteiger partial charge in [0.15, 0.2) is 12.4 Å². The van der Waals surface area contributed by atoms with Crippen LogP contribution < -0.4 is 11.2 Å². The predicted molar refractivity (Wildman–Crippen MR) is 54.7 cm³/mol. The van der Waals surface area contributed by atoms with E-state index in [-0.39, 0.29) is 11.4 Å². The fourth-order valence-corrected chi connectivity index (χ4v) is 1.11. The van der Waals surface area contributed by atoms with Gasteiger partial charge in [0.25, 0.3) is 5.91 Å². The largest absolute Gasteiger partial charge is 0.479 e. The Labute approximate surface area is 91.2 Å². The van der Waals surface area contributed by atoms with E-state index >= 15 is 0 Å². The van der Waals surface area contributed by atoms with E-state index in [1.807, 2.05) is 0 Å². The number of aryl methyl sites for hydroxylation is 1. The smallest absolute Gasteiger partial charge is 0.332 e. The van der Waals surface area contributed by atoms with Gasteiger partial charge in [0.2, 0.25) is 0 Å². The molecule has 4 N–H and O–H groups in total. The molecular formula is C9H11N3O4. The number of hydrogen-bond donors (Lipinski definition) is 3. The van der Waals surface area contributed by atoms with Gasteiger partial charge in [-0.05, 0) is 18.6 Å². The Morgan fingerprint density at radius 2 is 2.31 bits per heavy atom. The van der Waals surface area contributed by atoms with E-state index in [9.17, 15) is 9.59 Å². The van der Waals surface area contributed by atoms with Crippen molar-refractivity contribution in [1.29, 1.82) is 0 Å². The van der Waals surface area contributed by atoms with Crippen molar-refractivity contribution in [3.63, 3.8) is 0 Å². The minimum absolute atomic E-state index is 0.105. The van der Waals surface area contributed by atoms with Gasteiger partial charge in [-0.25, -0.2) is 15.3 Å². The second-order valence-electron chi connectivity index (χ2n) is 3.00. The first kappa shape index (κ1) is 11.9. The topological polar surface area (TPSA) is 115 Å². The third-order valence-corrected chi connectivity index (χ3v) is 1.77. The summed E-state index contributed by atoms with van der Waals surface area (Å²) in [5, 5.41) is 8.35. The maximum absolute atomic E-state index is 11.1. The fourth-order valence-electron chi connectivity index (χ4n) is 1.11. The van der Waals surface area contributed by atoms with E-state index in [1.54, 1.807) is 13.0 Å². The number of nitrogens with two attached hydrogens (primary N) is 1. The van der Waals surface area contributed by atoms with Crippen molar-refractivity contribution < 1.29 is 19.5 Å². The molecule has 86 valence electrons. The summed E-state index contributed by atoms with van der Waals surface area (Å²) in [6.07, 6.45) is 1.45. The number of hydrogen-bond acceptors (Lipinski definition) is 5. The number of carbonyl (C=O) groups excluding carboxylic acids is 1. The zero-order chi connectivity index (χ0) is 12.1. The number of carboxylic acid groups (broad SMARTS) is 1. The highest BCUT2D eigenvalue weighted by atomic mass is 16.7. The number of anilines is 1. The summed E-state index contributed by atoms with van der Waals surface area (Å²) < 4.78 is 0. The SMILES string of the molecule is Cc1ccnc(NOCC(=O)O)c1C(N)=O. The molecule has 1 amide bonds. The molecule has 0 aliphatic heterocycles. The Kier molecular flexibility index (Phi) is 3.78. The van der Waals surface area contributed by atoms with Gasteiger partial charge in [0, 0.05) is 6.20 Å². The second kappa shape index (κ2) is 5.08. The molecule has 0 spiro atoms. The lowest BCUT2D eigenvalue weighted by Crippen LogP contribution is -2.19. The average molecular weight is 225 g/mol. The minimum atomic E-state index is -1.14. The minimum Gasteiger partial charge on any atom is -0.479 e. The zero-order valence-electron chi connectivity index (χ0n) is 8.56. The van der Waals surface area contributed by atoms with Crippen molar-refractivity contribution in [2.24, 2.45) is 5.73 Å². The first-order chi connectivity index (χ1) is 7.52. The molecule has 1 rings (SSSR count). The van der Waals surface area contributed by atoms with Crippen LogP contribution in [0.25, 0.3) is 0 Å². The van der Waals surface area contributed by atoms with E-state index in [4.69, 9.17) is 10.8 Å². The fraction of sp³-hybridized carbons (Fsp3) is 0.222. The van der Waals surface area contributed by atoms with E-state index < -0.39 is 18.5 Å². The summed E-state index contributed by atoms with van der Waals surface area (Å²) in [6, 6.07) is 1.61. The van der Waals surface area contributed by atoms with Crippen LogP contribution in [-0.2, 0) is 9.63 Å². The molecule has 0 saturated heterocycles. The van der Waals surface area contributed by atoms with Crippen LogP contribution in [0.15, 0.2) is 12.3 Å². The summed E-state index contributed by atoms with van der Waals surface area (Å²) in [5.41, 5.74) is 8.23. The van der Waals surface area contributed by atoms with Crippen molar-refractivity contribution >= 4 is 17.7 Å². The zero-order valence-corrected chi connectivity index (χ0v) is 8.56. The molecule has 7 nitrogen and oxygen atoms in total. The Balaban J connectivity index is 2.83. The number of aliphatic carboxylic acids is 1. The van der Waals surface area contributed by atoms with Crippen LogP contribution in [0.2, 0.25) is 0 Å². The third-order valence-electron chi connectivity index (χ3n) is 1.77. The Bertz CT molecular complexity index is 419. The predicted octanol–water partition coefficient (Wildman–Crippen LogP) is -0.0830. The molecule has 0 aliphatic carbocycles. The van der Waals surface area contributed by atoms with Crippen LogP contribution in [0.5, 0.6) is 0 Å². The molecule has 0 aliphatic rings. The van der Waals surface area contributed by atoms with Crippen molar-refractivity contribution in [3.05, 3.63) is 23.4 Å². The standard InChI is InChI=1S/C9H11N3O4/c1-5-2-3-11-9(7(5)8(10)15)12-16-4-6(13)14/h2-3H,4H2,1H3,(H2,10,15)(H,11,12)(H,13,14).